The van der Waals surface area contributed by atoms with E-state index < -0.39 is 29.8 Å². The van der Waals surface area contributed by atoms with Crippen molar-refractivity contribution < 1.29 is 22.8 Å². The first-order valence-electron chi connectivity index (χ1n) is 9.56. The minimum Gasteiger partial charge on any atom is -0.341 e. The number of pyridine rings is 1. The summed E-state index contributed by atoms with van der Waals surface area (Å²) in [5, 5.41) is 6.89. The topological polar surface area (TPSA) is 89.2 Å². The molecule has 30 heavy (non-hydrogen) atoms. The minimum absolute atomic E-state index is 0.160. The van der Waals surface area contributed by atoms with E-state index in [1.165, 1.54) is 4.90 Å². The summed E-state index contributed by atoms with van der Waals surface area (Å²) in [7, 11) is 0. The molecule has 0 aromatic carbocycles. The van der Waals surface area contributed by atoms with Gasteiger partial charge < -0.3 is 14.8 Å². The lowest BCUT2D eigenvalue weighted by Gasteiger charge is -2.31. The third-order valence-corrected chi connectivity index (χ3v) is 5.07. The van der Waals surface area contributed by atoms with Gasteiger partial charge in [0.2, 0.25) is 11.8 Å². The van der Waals surface area contributed by atoms with E-state index >= 15 is 0 Å². The normalized spacial score (nSPS) is 15.3. The summed E-state index contributed by atoms with van der Waals surface area (Å²) in [6, 6.07) is 1.78. The third kappa shape index (κ3) is 4.89. The molecule has 11 heteroatoms. The number of piperidine rings is 1. The molecule has 0 atom stereocenters. The smallest absolute Gasteiger partial charge is 0.341 e. The number of amides is 2. The van der Waals surface area contributed by atoms with Gasteiger partial charge in [0, 0.05) is 37.9 Å². The molecular formula is C19H22F3N5O3. The Bertz CT molecular complexity index is 974. The molecule has 2 aromatic rings. The fourth-order valence-corrected chi connectivity index (χ4v) is 3.36. The van der Waals surface area contributed by atoms with Gasteiger partial charge in [0.1, 0.15) is 12.1 Å². The van der Waals surface area contributed by atoms with Crippen LogP contribution in [-0.2, 0) is 28.9 Å². The van der Waals surface area contributed by atoms with E-state index in [9.17, 15) is 27.6 Å². The molecule has 1 fully saturated rings. The Kier molecular flexibility index (Phi) is 6.28. The van der Waals surface area contributed by atoms with Crippen molar-refractivity contribution in [3.63, 3.8) is 0 Å². The molecule has 162 valence electrons. The molecule has 0 bridgehead atoms. The van der Waals surface area contributed by atoms with Crippen molar-refractivity contribution >= 4 is 17.5 Å². The molecule has 0 radical (unpaired) electrons. The Morgan fingerprint density at radius 1 is 1.27 bits per heavy atom. The van der Waals surface area contributed by atoms with E-state index in [2.05, 4.69) is 10.4 Å². The van der Waals surface area contributed by atoms with Crippen LogP contribution in [-0.4, -0.2) is 44.2 Å². The van der Waals surface area contributed by atoms with Gasteiger partial charge in [-0.2, -0.15) is 18.3 Å². The molecule has 1 aliphatic rings. The van der Waals surface area contributed by atoms with Crippen molar-refractivity contribution in [2.24, 2.45) is 5.92 Å². The predicted molar refractivity (Wildman–Crippen MR) is 102 cm³/mol. The number of carbonyl (C=O) groups is 2. The second-order valence-corrected chi connectivity index (χ2v) is 7.08. The molecule has 0 saturated carbocycles. The Balaban J connectivity index is 1.55. The van der Waals surface area contributed by atoms with E-state index in [-0.39, 0.29) is 11.8 Å². The fourth-order valence-electron chi connectivity index (χ4n) is 3.36. The number of carbonyl (C=O) groups excluding carboxylic acids is 2. The lowest BCUT2D eigenvalue weighted by molar-refractivity contribution is -0.140. The highest BCUT2D eigenvalue weighted by Crippen LogP contribution is 2.26. The van der Waals surface area contributed by atoms with Gasteiger partial charge in [0.15, 0.2) is 0 Å². The summed E-state index contributed by atoms with van der Waals surface area (Å²) in [4.78, 5) is 38.3. The number of hydrogen-bond acceptors (Lipinski definition) is 4. The molecule has 1 aliphatic heterocycles. The molecular weight excluding hydrogens is 403 g/mol. The van der Waals surface area contributed by atoms with Crippen molar-refractivity contribution in [1.82, 2.24) is 19.2 Å². The first-order valence-corrected chi connectivity index (χ1v) is 9.56. The van der Waals surface area contributed by atoms with Crippen molar-refractivity contribution in [3.05, 3.63) is 46.6 Å². The Hall–Kier alpha value is -3.11. The number of alkyl halides is 3. The summed E-state index contributed by atoms with van der Waals surface area (Å²) in [5.74, 6) is -0.901. The maximum atomic E-state index is 12.9. The average Bonchev–Trinajstić information content (AvgIpc) is 3.16. The Morgan fingerprint density at radius 2 is 1.97 bits per heavy atom. The number of rotatable bonds is 5. The molecule has 0 aliphatic carbocycles. The maximum absolute atomic E-state index is 12.9. The fraction of sp³-hybridized carbons (Fsp3) is 0.474. The predicted octanol–water partition coefficient (Wildman–Crippen LogP) is 1.96. The number of halogens is 3. The highest BCUT2D eigenvalue weighted by molar-refractivity contribution is 5.92. The molecule has 2 amide bonds. The highest BCUT2D eigenvalue weighted by atomic mass is 19.4. The molecule has 1 N–H and O–H groups in total. The Morgan fingerprint density at radius 3 is 2.57 bits per heavy atom. The lowest BCUT2D eigenvalue weighted by Crippen LogP contribution is -2.44. The van der Waals surface area contributed by atoms with Crippen molar-refractivity contribution in [1.29, 1.82) is 0 Å². The molecule has 3 heterocycles. The molecule has 3 rings (SSSR count). The maximum Gasteiger partial charge on any atom is 0.421 e. The van der Waals surface area contributed by atoms with Crippen LogP contribution >= 0.6 is 0 Å². The van der Waals surface area contributed by atoms with E-state index in [0.717, 1.165) is 16.8 Å². The summed E-state index contributed by atoms with van der Waals surface area (Å²) in [5.41, 5.74) is -1.95. The SMILES string of the molecule is CCn1cc(NC(=O)C2CCN(C(=O)Cn3cccc(C(F)(F)F)c3=O)CC2)cn1. The number of aryl methyl sites for hydroxylation is 1. The zero-order valence-electron chi connectivity index (χ0n) is 16.4. The summed E-state index contributed by atoms with van der Waals surface area (Å²) < 4.78 is 41.0. The van der Waals surface area contributed by atoms with Gasteiger partial charge >= 0.3 is 6.18 Å². The molecule has 8 nitrogen and oxygen atoms in total. The summed E-state index contributed by atoms with van der Waals surface area (Å²) >= 11 is 0. The lowest BCUT2D eigenvalue weighted by atomic mass is 9.96. The summed E-state index contributed by atoms with van der Waals surface area (Å²) in [6.07, 6.45) is 0.527. The van der Waals surface area contributed by atoms with Crippen LogP contribution in [0.15, 0.2) is 35.5 Å². The average molecular weight is 425 g/mol. The second-order valence-electron chi connectivity index (χ2n) is 7.08. The van der Waals surface area contributed by atoms with Crippen LogP contribution in [0.4, 0.5) is 18.9 Å². The number of aromatic nitrogens is 3. The first-order chi connectivity index (χ1) is 14.2. The quantitative estimate of drug-likeness (QED) is 0.793. The van der Waals surface area contributed by atoms with E-state index in [1.807, 2.05) is 6.92 Å². The second kappa shape index (κ2) is 8.72. The number of likely N-dealkylation sites (tertiary alicyclic amines) is 1. The van der Waals surface area contributed by atoms with Crippen LogP contribution in [0.3, 0.4) is 0 Å². The number of hydrogen-bond donors (Lipinski definition) is 1. The zero-order valence-corrected chi connectivity index (χ0v) is 16.4. The van der Waals surface area contributed by atoms with E-state index in [1.54, 1.807) is 17.1 Å². The standard InChI is InChI=1S/C19H22F3N5O3/c1-2-27-11-14(10-23-27)24-17(29)13-5-8-25(9-6-13)16(28)12-26-7-3-4-15(18(26)30)19(20,21)22/h3-4,7,10-11,13H,2,5-6,8-9,12H2,1H3,(H,24,29). The third-order valence-electron chi connectivity index (χ3n) is 5.07. The monoisotopic (exact) mass is 425 g/mol. The molecule has 1 saturated heterocycles. The van der Waals surface area contributed by atoms with Crippen LogP contribution in [0.5, 0.6) is 0 Å². The van der Waals surface area contributed by atoms with Crippen LogP contribution in [0.2, 0.25) is 0 Å². The zero-order chi connectivity index (χ0) is 21.9. The van der Waals surface area contributed by atoms with Crippen molar-refractivity contribution in [2.45, 2.75) is 39.0 Å². The van der Waals surface area contributed by atoms with Gasteiger partial charge in [-0.3, -0.25) is 19.1 Å². The largest absolute Gasteiger partial charge is 0.421 e. The number of nitrogens with one attached hydrogen (secondary N) is 1. The number of nitrogens with zero attached hydrogens (tertiary/aromatic N) is 4. The van der Waals surface area contributed by atoms with Crippen LogP contribution in [0.25, 0.3) is 0 Å². The first kappa shape index (κ1) is 21.6. The molecule has 0 spiro atoms. The van der Waals surface area contributed by atoms with E-state index in [0.29, 0.717) is 44.2 Å². The highest BCUT2D eigenvalue weighted by Gasteiger charge is 2.34. The van der Waals surface area contributed by atoms with Crippen molar-refractivity contribution in [2.75, 3.05) is 18.4 Å². The van der Waals surface area contributed by atoms with Crippen molar-refractivity contribution in [3.8, 4) is 0 Å². The van der Waals surface area contributed by atoms with Crippen LogP contribution in [0, 0.1) is 5.92 Å². The van der Waals surface area contributed by atoms with Crippen LogP contribution < -0.4 is 10.9 Å². The van der Waals surface area contributed by atoms with Gasteiger partial charge in [-0.1, -0.05) is 0 Å². The minimum atomic E-state index is -4.78. The molecule has 2 aromatic heterocycles. The molecule has 0 unspecified atom stereocenters. The van der Waals surface area contributed by atoms with Gasteiger partial charge in [0.05, 0.1) is 11.9 Å². The Labute approximate surface area is 170 Å². The summed E-state index contributed by atoms with van der Waals surface area (Å²) in [6.45, 7) is 2.72. The number of anilines is 1. The van der Waals surface area contributed by atoms with Gasteiger partial charge in [-0.05, 0) is 31.9 Å². The van der Waals surface area contributed by atoms with E-state index in [4.69, 9.17) is 0 Å². The van der Waals surface area contributed by atoms with Gasteiger partial charge in [-0.15, -0.1) is 0 Å². The van der Waals surface area contributed by atoms with Gasteiger partial charge in [-0.25, -0.2) is 0 Å². The van der Waals surface area contributed by atoms with Crippen LogP contribution in [0.1, 0.15) is 25.3 Å². The van der Waals surface area contributed by atoms with Gasteiger partial charge in [0.25, 0.3) is 5.56 Å².